The first-order chi connectivity index (χ1) is 15.0. The first kappa shape index (κ1) is 24.2. The lowest BCUT2D eigenvalue weighted by Crippen LogP contribution is -2.54. The molecule has 32 heavy (non-hydrogen) atoms. The van der Waals surface area contributed by atoms with Crippen molar-refractivity contribution in [1.82, 2.24) is 9.80 Å². The van der Waals surface area contributed by atoms with Crippen LogP contribution in [0.15, 0.2) is 36.4 Å². The predicted molar refractivity (Wildman–Crippen MR) is 118 cm³/mol. The highest BCUT2D eigenvalue weighted by Crippen LogP contribution is 2.29. The number of nitrogens with one attached hydrogen (secondary N) is 1. The number of nitrogens with zero attached hydrogens (tertiary/aromatic N) is 2. The Morgan fingerprint density at radius 2 is 1.94 bits per heavy atom. The van der Waals surface area contributed by atoms with Gasteiger partial charge in [0.25, 0.3) is 5.91 Å². The third kappa shape index (κ3) is 6.54. The maximum Gasteiger partial charge on any atom is 0.260 e. The standard InChI is InChI=1S/C21H24ClF2N3O4S/c1-14-11-26(12-15-3-5-17(23)18(24)9-15)7-8-27(14)21(28)13-31-20-6-4-16(22)10-19(20)25-32(2,29)30/h3-6,9-10,14,25H,7-8,11-13H2,1-2H3/t14-/m1/s1. The van der Waals surface area contributed by atoms with E-state index in [9.17, 15) is 22.0 Å². The Balaban J connectivity index is 1.57. The Kier molecular flexibility index (Phi) is 7.58. The second-order valence-corrected chi connectivity index (χ2v) is 9.91. The molecule has 1 aliphatic heterocycles. The van der Waals surface area contributed by atoms with E-state index in [1.807, 2.05) is 6.92 Å². The molecule has 0 saturated carbocycles. The van der Waals surface area contributed by atoms with E-state index < -0.39 is 21.7 Å². The molecular weight excluding hydrogens is 464 g/mol. The monoisotopic (exact) mass is 487 g/mol. The van der Waals surface area contributed by atoms with E-state index in [1.54, 1.807) is 11.0 Å². The zero-order valence-corrected chi connectivity index (χ0v) is 19.2. The van der Waals surface area contributed by atoms with Gasteiger partial charge in [0.2, 0.25) is 10.0 Å². The molecule has 0 unspecified atom stereocenters. The van der Waals surface area contributed by atoms with Crippen LogP contribution in [0.5, 0.6) is 5.75 Å². The van der Waals surface area contributed by atoms with Crippen LogP contribution >= 0.6 is 11.6 Å². The van der Waals surface area contributed by atoms with Crippen molar-refractivity contribution in [2.75, 3.05) is 37.2 Å². The first-order valence-corrected chi connectivity index (χ1v) is 12.1. The Morgan fingerprint density at radius 3 is 2.59 bits per heavy atom. The average Bonchev–Trinajstić information content (AvgIpc) is 2.69. The number of piperazine rings is 1. The summed E-state index contributed by atoms with van der Waals surface area (Å²) < 4.78 is 57.6. The molecule has 11 heteroatoms. The Morgan fingerprint density at radius 1 is 1.19 bits per heavy atom. The minimum atomic E-state index is -3.56. The Bertz CT molecular complexity index is 1100. The molecular formula is C21H24ClF2N3O4S. The highest BCUT2D eigenvalue weighted by Gasteiger charge is 2.28. The van der Waals surface area contributed by atoms with Gasteiger partial charge in [-0.2, -0.15) is 0 Å². The predicted octanol–water partition coefficient (Wildman–Crippen LogP) is 3.10. The second-order valence-electron chi connectivity index (χ2n) is 7.72. The van der Waals surface area contributed by atoms with Crippen molar-refractivity contribution >= 4 is 33.2 Å². The number of amides is 1. The Labute approximate surface area is 191 Å². The number of hydrogen-bond donors (Lipinski definition) is 1. The summed E-state index contributed by atoms with van der Waals surface area (Å²) in [5.41, 5.74) is 0.810. The third-order valence-electron chi connectivity index (χ3n) is 5.01. The smallest absolute Gasteiger partial charge is 0.260 e. The number of halogens is 3. The van der Waals surface area contributed by atoms with Crippen LogP contribution in [0.2, 0.25) is 5.02 Å². The molecule has 2 aromatic rings. The van der Waals surface area contributed by atoms with Crippen LogP contribution in [0.3, 0.4) is 0 Å². The van der Waals surface area contributed by atoms with E-state index in [1.165, 1.54) is 24.3 Å². The first-order valence-electron chi connectivity index (χ1n) is 9.88. The molecule has 1 aliphatic rings. The molecule has 0 aliphatic carbocycles. The van der Waals surface area contributed by atoms with Gasteiger partial charge in [-0.3, -0.25) is 14.4 Å². The molecule has 0 bridgehead atoms. The van der Waals surface area contributed by atoms with Crippen LogP contribution in [0.4, 0.5) is 14.5 Å². The number of carbonyl (C=O) groups is 1. The van der Waals surface area contributed by atoms with Crippen molar-refractivity contribution in [1.29, 1.82) is 0 Å². The van der Waals surface area contributed by atoms with Crippen molar-refractivity contribution in [3.8, 4) is 5.75 Å². The topological polar surface area (TPSA) is 79.0 Å². The summed E-state index contributed by atoms with van der Waals surface area (Å²) in [5, 5.41) is 0.320. The van der Waals surface area contributed by atoms with E-state index >= 15 is 0 Å². The van der Waals surface area contributed by atoms with Gasteiger partial charge >= 0.3 is 0 Å². The largest absolute Gasteiger partial charge is 0.482 e. The summed E-state index contributed by atoms with van der Waals surface area (Å²) in [4.78, 5) is 16.5. The molecule has 0 spiro atoms. The van der Waals surface area contributed by atoms with Gasteiger partial charge in [-0.1, -0.05) is 17.7 Å². The molecule has 1 N–H and O–H groups in total. The Hall–Kier alpha value is -2.43. The number of carbonyl (C=O) groups excluding carboxylic acids is 1. The average molecular weight is 488 g/mol. The number of hydrogen-bond acceptors (Lipinski definition) is 5. The lowest BCUT2D eigenvalue weighted by atomic mass is 10.1. The highest BCUT2D eigenvalue weighted by molar-refractivity contribution is 7.92. The summed E-state index contributed by atoms with van der Waals surface area (Å²) in [7, 11) is -3.56. The van der Waals surface area contributed by atoms with E-state index in [2.05, 4.69) is 9.62 Å². The molecule has 1 atom stereocenters. The number of benzene rings is 2. The van der Waals surface area contributed by atoms with Crippen LogP contribution in [0, 0.1) is 11.6 Å². The molecule has 1 amide bonds. The minimum absolute atomic E-state index is 0.121. The maximum atomic E-state index is 13.4. The van der Waals surface area contributed by atoms with Crippen LogP contribution in [-0.4, -0.2) is 62.7 Å². The normalized spacial score (nSPS) is 17.3. The molecule has 1 fully saturated rings. The van der Waals surface area contributed by atoms with Gasteiger partial charge in [0.05, 0.1) is 11.9 Å². The summed E-state index contributed by atoms with van der Waals surface area (Å²) in [5.74, 6) is -1.82. The van der Waals surface area contributed by atoms with E-state index in [-0.39, 0.29) is 30.0 Å². The van der Waals surface area contributed by atoms with E-state index in [0.29, 0.717) is 36.8 Å². The summed E-state index contributed by atoms with van der Waals surface area (Å²) in [6, 6.07) is 8.14. The van der Waals surface area contributed by atoms with Crippen LogP contribution in [0.25, 0.3) is 0 Å². The molecule has 1 heterocycles. The molecule has 2 aromatic carbocycles. The fourth-order valence-electron chi connectivity index (χ4n) is 3.57. The van der Waals surface area contributed by atoms with E-state index in [0.717, 1.165) is 12.3 Å². The molecule has 174 valence electrons. The van der Waals surface area contributed by atoms with Crippen molar-refractivity contribution < 1.29 is 26.7 Å². The number of rotatable bonds is 7. The number of anilines is 1. The van der Waals surface area contributed by atoms with E-state index in [4.69, 9.17) is 16.3 Å². The molecule has 3 rings (SSSR count). The fourth-order valence-corrected chi connectivity index (χ4v) is 4.30. The van der Waals surface area contributed by atoms with Gasteiger partial charge in [-0.05, 0) is 42.8 Å². The van der Waals surface area contributed by atoms with Gasteiger partial charge < -0.3 is 9.64 Å². The third-order valence-corrected chi connectivity index (χ3v) is 5.84. The van der Waals surface area contributed by atoms with Gasteiger partial charge in [0.15, 0.2) is 18.2 Å². The fraction of sp³-hybridized carbons (Fsp3) is 0.381. The minimum Gasteiger partial charge on any atom is -0.482 e. The summed E-state index contributed by atoms with van der Waals surface area (Å²) >= 11 is 5.93. The lowest BCUT2D eigenvalue weighted by Gasteiger charge is -2.39. The molecule has 7 nitrogen and oxygen atoms in total. The second kappa shape index (κ2) is 10.0. The van der Waals surface area contributed by atoms with Crippen LogP contribution in [-0.2, 0) is 21.4 Å². The van der Waals surface area contributed by atoms with Crippen molar-refractivity contribution in [2.45, 2.75) is 19.5 Å². The highest BCUT2D eigenvalue weighted by atomic mass is 35.5. The molecule has 0 radical (unpaired) electrons. The molecule has 1 saturated heterocycles. The van der Waals surface area contributed by atoms with Gasteiger partial charge in [0.1, 0.15) is 5.75 Å². The zero-order chi connectivity index (χ0) is 23.5. The van der Waals surface area contributed by atoms with Gasteiger partial charge in [-0.15, -0.1) is 0 Å². The van der Waals surface area contributed by atoms with Crippen LogP contribution < -0.4 is 9.46 Å². The van der Waals surface area contributed by atoms with Crippen LogP contribution in [0.1, 0.15) is 12.5 Å². The van der Waals surface area contributed by atoms with Crippen molar-refractivity contribution in [3.05, 3.63) is 58.6 Å². The number of ether oxygens (including phenoxy) is 1. The SMILES string of the molecule is C[C@@H]1CN(Cc2ccc(F)c(F)c2)CCN1C(=O)COc1ccc(Cl)cc1NS(C)(=O)=O. The van der Waals surface area contributed by atoms with Crippen molar-refractivity contribution in [3.63, 3.8) is 0 Å². The van der Waals surface area contributed by atoms with Gasteiger partial charge in [-0.25, -0.2) is 17.2 Å². The van der Waals surface area contributed by atoms with Crippen molar-refractivity contribution in [2.24, 2.45) is 0 Å². The molecule has 0 aromatic heterocycles. The van der Waals surface area contributed by atoms with Gasteiger partial charge in [0, 0.05) is 37.2 Å². The summed E-state index contributed by atoms with van der Waals surface area (Å²) in [6.45, 7) is 3.65. The summed E-state index contributed by atoms with van der Waals surface area (Å²) in [6.07, 6.45) is 1.00. The number of sulfonamides is 1. The quantitative estimate of drug-likeness (QED) is 0.649. The maximum absolute atomic E-state index is 13.4. The lowest BCUT2D eigenvalue weighted by molar-refractivity contribution is -0.137. The zero-order valence-electron chi connectivity index (χ0n) is 17.6.